The highest BCUT2D eigenvalue weighted by atomic mass is 16.5. The maximum atomic E-state index is 13.5. The van der Waals surface area contributed by atoms with Crippen molar-refractivity contribution in [1.29, 1.82) is 0 Å². The fourth-order valence-electron chi connectivity index (χ4n) is 4.23. The van der Waals surface area contributed by atoms with Crippen LogP contribution in [0, 0.1) is 5.92 Å². The van der Waals surface area contributed by atoms with E-state index >= 15 is 0 Å². The van der Waals surface area contributed by atoms with Gasteiger partial charge < -0.3 is 9.84 Å². The first-order valence-electron chi connectivity index (χ1n) is 11.2. The number of nitrogens with zero attached hydrogens (tertiary/aromatic N) is 3. The van der Waals surface area contributed by atoms with Crippen molar-refractivity contribution in [1.82, 2.24) is 9.89 Å². The van der Waals surface area contributed by atoms with E-state index in [-0.39, 0.29) is 18.5 Å². The number of benzene rings is 3. The summed E-state index contributed by atoms with van der Waals surface area (Å²) >= 11 is 0. The Labute approximate surface area is 198 Å². The fraction of sp³-hybridized carbons (Fsp3) is 0.143. The lowest BCUT2D eigenvalue weighted by molar-refractivity contribution is -0.148. The molecule has 4 aromatic rings. The molecule has 0 aliphatic carbocycles. The molecule has 5 rings (SSSR count). The Hall–Kier alpha value is -4.32. The lowest BCUT2D eigenvalue weighted by Crippen LogP contribution is -2.38. The standard InChI is InChI=1S/C28H25N3O3/c32-27-15-16-31(29-27)30-19-25(28(33)34-20-22-11-5-2-6-12-22)24(17-21-9-3-1-4-10-21)18-23-13-7-8-14-26(23)30/h1-16,18,25H,17,19-20H2,(H,29,32). The van der Waals surface area contributed by atoms with Gasteiger partial charge in [-0.05, 0) is 34.8 Å². The number of rotatable bonds is 6. The summed E-state index contributed by atoms with van der Waals surface area (Å²) in [6, 6.07) is 29.2. The third-order valence-corrected chi connectivity index (χ3v) is 5.93. The number of para-hydroxylation sites is 1. The van der Waals surface area contributed by atoms with Gasteiger partial charge in [0.15, 0.2) is 0 Å². The number of fused-ring (bicyclic) bond motifs is 1. The molecule has 1 aliphatic rings. The van der Waals surface area contributed by atoms with E-state index in [1.807, 2.05) is 77.8 Å². The summed E-state index contributed by atoms with van der Waals surface area (Å²) in [5, 5.41) is 16.0. The van der Waals surface area contributed by atoms with Crippen LogP contribution in [0.15, 0.2) is 103 Å². The summed E-state index contributed by atoms with van der Waals surface area (Å²) < 4.78 is 5.79. The van der Waals surface area contributed by atoms with Gasteiger partial charge in [-0.15, -0.1) is 5.10 Å². The summed E-state index contributed by atoms with van der Waals surface area (Å²) in [5.41, 5.74) is 4.90. The second-order valence-electron chi connectivity index (χ2n) is 8.26. The lowest BCUT2D eigenvalue weighted by atomic mass is 9.92. The van der Waals surface area contributed by atoms with Crippen molar-refractivity contribution < 1.29 is 14.6 Å². The molecular formula is C28H25N3O3. The molecule has 0 bridgehead atoms. The van der Waals surface area contributed by atoms with Crippen LogP contribution in [-0.2, 0) is 22.6 Å². The minimum atomic E-state index is -0.525. The highest BCUT2D eigenvalue weighted by Gasteiger charge is 2.32. The van der Waals surface area contributed by atoms with Crippen LogP contribution in [0.3, 0.4) is 0 Å². The first-order valence-corrected chi connectivity index (χ1v) is 11.2. The molecule has 0 spiro atoms. The molecule has 1 aromatic heterocycles. The largest absolute Gasteiger partial charge is 0.492 e. The Bertz CT molecular complexity index is 1300. The summed E-state index contributed by atoms with van der Waals surface area (Å²) in [7, 11) is 0. The number of hydrogen-bond donors (Lipinski definition) is 1. The van der Waals surface area contributed by atoms with Gasteiger partial charge in [0.2, 0.25) is 5.88 Å². The van der Waals surface area contributed by atoms with E-state index < -0.39 is 5.92 Å². The van der Waals surface area contributed by atoms with E-state index in [2.05, 4.69) is 23.3 Å². The Balaban J connectivity index is 1.51. The van der Waals surface area contributed by atoms with E-state index in [0.717, 1.165) is 28.0 Å². The lowest BCUT2D eigenvalue weighted by Gasteiger charge is -2.28. The molecule has 1 aliphatic heterocycles. The molecule has 34 heavy (non-hydrogen) atoms. The highest BCUT2D eigenvalue weighted by molar-refractivity contribution is 5.82. The number of anilines is 1. The molecular weight excluding hydrogens is 426 g/mol. The van der Waals surface area contributed by atoms with Crippen molar-refractivity contribution in [3.05, 3.63) is 119 Å². The van der Waals surface area contributed by atoms with Crippen LogP contribution >= 0.6 is 0 Å². The van der Waals surface area contributed by atoms with Crippen LogP contribution in [0.25, 0.3) is 6.08 Å². The van der Waals surface area contributed by atoms with Crippen LogP contribution in [-0.4, -0.2) is 27.5 Å². The van der Waals surface area contributed by atoms with Crippen LogP contribution in [0.5, 0.6) is 5.88 Å². The Morgan fingerprint density at radius 2 is 1.59 bits per heavy atom. The SMILES string of the molecule is O=C(OCc1ccccc1)C1CN(n2ccc(O)n2)c2ccccc2C=C1Cc1ccccc1. The molecule has 0 amide bonds. The van der Waals surface area contributed by atoms with Crippen molar-refractivity contribution in [3.8, 4) is 5.88 Å². The van der Waals surface area contributed by atoms with Crippen molar-refractivity contribution in [2.24, 2.45) is 5.92 Å². The molecule has 2 heterocycles. The van der Waals surface area contributed by atoms with Gasteiger partial charge >= 0.3 is 5.97 Å². The zero-order valence-electron chi connectivity index (χ0n) is 18.6. The molecule has 1 atom stereocenters. The second-order valence-corrected chi connectivity index (χ2v) is 8.26. The molecule has 0 fully saturated rings. The summed E-state index contributed by atoms with van der Waals surface area (Å²) in [6.07, 6.45) is 4.39. The molecule has 1 N–H and O–H groups in total. The van der Waals surface area contributed by atoms with Gasteiger partial charge in [0, 0.05) is 6.07 Å². The zero-order valence-corrected chi connectivity index (χ0v) is 18.6. The predicted molar refractivity (Wildman–Crippen MR) is 131 cm³/mol. The van der Waals surface area contributed by atoms with Gasteiger partial charge in [-0.1, -0.05) is 84.9 Å². The average Bonchev–Trinajstić information content (AvgIpc) is 3.23. The topological polar surface area (TPSA) is 67.6 Å². The number of hydrogen-bond acceptors (Lipinski definition) is 5. The first-order chi connectivity index (χ1) is 16.7. The van der Waals surface area contributed by atoms with Crippen molar-refractivity contribution in [2.45, 2.75) is 13.0 Å². The molecule has 1 unspecified atom stereocenters. The number of aromatic hydroxyl groups is 1. The maximum absolute atomic E-state index is 13.5. The highest BCUT2D eigenvalue weighted by Crippen LogP contribution is 2.33. The van der Waals surface area contributed by atoms with E-state index in [1.165, 1.54) is 6.07 Å². The predicted octanol–water partition coefficient (Wildman–Crippen LogP) is 4.86. The maximum Gasteiger partial charge on any atom is 0.315 e. The van der Waals surface area contributed by atoms with Crippen LogP contribution in [0.2, 0.25) is 0 Å². The van der Waals surface area contributed by atoms with E-state index in [9.17, 15) is 9.90 Å². The smallest absolute Gasteiger partial charge is 0.315 e. The third-order valence-electron chi connectivity index (χ3n) is 5.93. The average molecular weight is 452 g/mol. The number of carbonyl (C=O) groups is 1. The Kier molecular flexibility index (Phi) is 6.12. The molecule has 0 saturated carbocycles. The first kappa shape index (κ1) is 21.5. The molecule has 6 heteroatoms. The minimum Gasteiger partial charge on any atom is -0.492 e. The van der Waals surface area contributed by atoms with Crippen LogP contribution in [0.4, 0.5) is 5.69 Å². The minimum absolute atomic E-state index is 0.0811. The molecule has 0 radical (unpaired) electrons. The van der Waals surface area contributed by atoms with Gasteiger partial charge in [-0.3, -0.25) is 9.80 Å². The summed E-state index contributed by atoms with van der Waals surface area (Å²) in [4.78, 5) is 15.1. The number of esters is 1. The fourth-order valence-corrected chi connectivity index (χ4v) is 4.23. The Morgan fingerprint density at radius 1 is 0.912 bits per heavy atom. The summed E-state index contributed by atoms with van der Waals surface area (Å²) in [6.45, 7) is 0.536. The Morgan fingerprint density at radius 3 is 2.29 bits per heavy atom. The van der Waals surface area contributed by atoms with Gasteiger partial charge in [0.05, 0.1) is 24.3 Å². The van der Waals surface area contributed by atoms with E-state index in [0.29, 0.717) is 13.0 Å². The van der Waals surface area contributed by atoms with E-state index in [1.54, 1.807) is 11.0 Å². The van der Waals surface area contributed by atoms with Crippen LogP contribution in [0.1, 0.15) is 16.7 Å². The summed E-state index contributed by atoms with van der Waals surface area (Å²) in [5.74, 6) is -0.898. The van der Waals surface area contributed by atoms with Crippen molar-refractivity contribution in [2.75, 3.05) is 11.6 Å². The van der Waals surface area contributed by atoms with Crippen molar-refractivity contribution >= 4 is 17.7 Å². The molecule has 6 nitrogen and oxygen atoms in total. The second kappa shape index (κ2) is 9.67. The van der Waals surface area contributed by atoms with Crippen molar-refractivity contribution in [3.63, 3.8) is 0 Å². The quantitative estimate of drug-likeness (QED) is 0.424. The normalized spacial score (nSPS) is 15.2. The molecule has 3 aromatic carbocycles. The number of ether oxygens (including phenoxy) is 1. The number of aromatic nitrogens is 2. The molecule has 0 saturated heterocycles. The van der Waals surface area contributed by atoms with Crippen LogP contribution < -0.4 is 5.01 Å². The third kappa shape index (κ3) is 4.71. The molecule has 170 valence electrons. The van der Waals surface area contributed by atoms with Gasteiger partial charge in [0.1, 0.15) is 6.61 Å². The van der Waals surface area contributed by atoms with E-state index in [4.69, 9.17) is 4.74 Å². The van der Waals surface area contributed by atoms with Gasteiger partial charge in [-0.25, -0.2) is 0 Å². The number of carbonyl (C=O) groups excluding carboxylic acids is 1. The van der Waals surface area contributed by atoms with Gasteiger partial charge in [-0.2, -0.15) is 4.79 Å². The zero-order chi connectivity index (χ0) is 23.3. The van der Waals surface area contributed by atoms with Gasteiger partial charge in [0.25, 0.3) is 0 Å². The monoisotopic (exact) mass is 451 g/mol.